The topological polar surface area (TPSA) is 49.3 Å². The zero-order valence-electron chi connectivity index (χ0n) is 16.7. The average Bonchev–Trinajstić information content (AvgIpc) is 3.46. The standard InChI is InChI=1S/C23H27ClN4O/c24-19-6-8-20(9-7-19)28(15-16-4-5-16)22(29)17-10-12-27(13-11-17)23-25-14-18-2-1-3-21(18)26-23/h6-9,14,16-17H,1-5,10-13,15H2. The molecular formula is C23H27ClN4O. The SMILES string of the molecule is O=C(C1CCN(c2ncc3c(n2)CCC3)CC1)N(CC1CC1)c1ccc(Cl)cc1. The second-order valence-electron chi connectivity index (χ2n) is 8.63. The third-order valence-corrected chi connectivity index (χ3v) is 6.72. The molecule has 1 aromatic carbocycles. The van der Waals surface area contributed by atoms with Gasteiger partial charge in [0.1, 0.15) is 0 Å². The van der Waals surface area contributed by atoms with E-state index in [2.05, 4.69) is 9.88 Å². The maximum absolute atomic E-state index is 13.4. The summed E-state index contributed by atoms with van der Waals surface area (Å²) >= 11 is 6.05. The van der Waals surface area contributed by atoms with Gasteiger partial charge in [-0.2, -0.15) is 0 Å². The molecule has 152 valence electrons. The van der Waals surface area contributed by atoms with Crippen LogP contribution in [0.5, 0.6) is 0 Å². The molecule has 1 saturated carbocycles. The molecule has 1 aromatic heterocycles. The van der Waals surface area contributed by atoms with Crippen molar-refractivity contribution in [3.05, 3.63) is 46.7 Å². The predicted octanol–water partition coefficient (Wildman–Crippen LogP) is 4.28. The summed E-state index contributed by atoms with van der Waals surface area (Å²) in [5, 5.41) is 0.704. The van der Waals surface area contributed by atoms with Crippen LogP contribution in [0.4, 0.5) is 11.6 Å². The Bertz CT molecular complexity index is 888. The van der Waals surface area contributed by atoms with Gasteiger partial charge in [-0.05, 0) is 80.7 Å². The van der Waals surface area contributed by atoms with Crippen LogP contribution in [-0.4, -0.2) is 35.5 Å². The van der Waals surface area contributed by atoms with Crippen molar-refractivity contribution in [2.75, 3.05) is 29.4 Å². The molecule has 1 saturated heterocycles. The van der Waals surface area contributed by atoms with Crippen LogP contribution in [0.25, 0.3) is 0 Å². The highest BCUT2D eigenvalue weighted by molar-refractivity contribution is 6.30. The average molecular weight is 411 g/mol. The highest BCUT2D eigenvalue weighted by Gasteiger charge is 2.33. The van der Waals surface area contributed by atoms with Gasteiger partial charge in [0.25, 0.3) is 0 Å². The number of hydrogen-bond acceptors (Lipinski definition) is 4. The van der Waals surface area contributed by atoms with E-state index in [0.29, 0.717) is 10.9 Å². The maximum Gasteiger partial charge on any atom is 0.230 e. The Morgan fingerprint density at radius 2 is 1.86 bits per heavy atom. The minimum absolute atomic E-state index is 0.0649. The molecule has 2 fully saturated rings. The molecule has 5 nitrogen and oxygen atoms in total. The first-order valence-electron chi connectivity index (χ1n) is 10.8. The Morgan fingerprint density at radius 3 is 2.59 bits per heavy atom. The molecule has 0 unspecified atom stereocenters. The smallest absolute Gasteiger partial charge is 0.230 e. The number of rotatable bonds is 5. The Balaban J connectivity index is 1.26. The van der Waals surface area contributed by atoms with E-state index in [1.54, 1.807) is 0 Å². The van der Waals surface area contributed by atoms with Crippen LogP contribution in [0.1, 0.15) is 43.4 Å². The van der Waals surface area contributed by atoms with Gasteiger partial charge in [0.05, 0.1) is 0 Å². The normalized spacial score (nSPS) is 19.3. The molecular weight excluding hydrogens is 384 g/mol. The third kappa shape index (κ3) is 4.11. The summed E-state index contributed by atoms with van der Waals surface area (Å²) in [6.07, 6.45) is 9.52. The molecule has 2 aliphatic carbocycles. The van der Waals surface area contributed by atoms with Crippen molar-refractivity contribution < 1.29 is 4.79 Å². The zero-order chi connectivity index (χ0) is 19.8. The van der Waals surface area contributed by atoms with E-state index in [4.69, 9.17) is 16.6 Å². The molecule has 1 aliphatic heterocycles. The molecule has 0 N–H and O–H groups in total. The van der Waals surface area contributed by atoms with Gasteiger partial charge in [-0.25, -0.2) is 9.97 Å². The second-order valence-corrected chi connectivity index (χ2v) is 9.06. The summed E-state index contributed by atoms with van der Waals surface area (Å²) in [5.41, 5.74) is 3.49. The number of anilines is 2. The van der Waals surface area contributed by atoms with Crippen LogP contribution in [0.2, 0.25) is 5.02 Å². The van der Waals surface area contributed by atoms with Crippen LogP contribution < -0.4 is 9.80 Å². The van der Waals surface area contributed by atoms with Gasteiger partial charge >= 0.3 is 0 Å². The summed E-state index contributed by atoms with van der Waals surface area (Å²) < 4.78 is 0. The molecule has 0 radical (unpaired) electrons. The number of aromatic nitrogens is 2. The van der Waals surface area contributed by atoms with Crippen molar-refractivity contribution in [2.24, 2.45) is 11.8 Å². The lowest BCUT2D eigenvalue weighted by molar-refractivity contribution is -0.123. The van der Waals surface area contributed by atoms with Crippen molar-refractivity contribution in [2.45, 2.75) is 44.9 Å². The lowest BCUT2D eigenvalue weighted by Crippen LogP contribution is -2.44. The molecule has 0 atom stereocenters. The van der Waals surface area contributed by atoms with Crippen LogP contribution in [0, 0.1) is 11.8 Å². The fourth-order valence-corrected chi connectivity index (χ4v) is 4.63. The number of fused-ring (bicyclic) bond motifs is 1. The van der Waals surface area contributed by atoms with Gasteiger partial charge in [-0.15, -0.1) is 0 Å². The van der Waals surface area contributed by atoms with E-state index in [1.165, 1.54) is 30.5 Å². The lowest BCUT2D eigenvalue weighted by atomic mass is 9.95. The predicted molar refractivity (Wildman–Crippen MR) is 116 cm³/mol. The van der Waals surface area contributed by atoms with Gasteiger partial charge in [-0.3, -0.25) is 4.79 Å². The molecule has 5 rings (SSSR count). The van der Waals surface area contributed by atoms with Crippen molar-refractivity contribution >= 4 is 29.1 Å². The van der Waals surface area contributed by atoms with E-state index >= 15 is 0 Å². The summed E-state index contributed by atoms with van der Waals surface area (Å²) in [4.78, 5) is 27.0. The minimum Gasteiger partial charge on any atom is -0.341 e. The number of carbonyl (C=O) groups excluding carboxylic acids is 1. The summed E-state index contributed by atoms with van der Waals surface area (Å²) in [6, 6.07) is 7.68. The Morgan fingerprint density at radius 1 is 1.10 bits per heavy atom. The van der Waals surface area contributed by atoms with Gasteiger partial charge < -0.3 is 9.80 Å². The molecule has 0 bridgehead atoms. The number of piperidine rings is 1. The van der Waals surface area contributed by atoms with Gasteiger partial charge in [-0.1, -0.05) is 11.6 Å². The number of aryl methyl sites for hydroxylation is 2. The highest BCUT2D eigenvalue weighted by Crippen LogP contribution is 2.34. The van der Waals surface area contributed by atoms with Gasteiger partial charge in [0, 0.05) is 48.2 Å². The third-order valence-electron chi connectivity index (χ3n) is 6.47. The number of benzene rings is 1. The fraction of sp³-hybridized carbons (Fsp3) is 0.522. The number of amides is 1. The van der Waals surface area contributed by atoms with Crippen molar-refractivity contribution in [3.8, 4) is 0 Å². The Labute approximate surface area is 177 Å². The molecule has 3 aliphatic rings. The number of nitrogens with zero attached hydrogens (tertiary/aromatic N) is 4. The lowest BCUT2D eigenvalue weighted by Gasteiger charge is -2.34. The number of halogens is 1. The van der Waals surface area contributed by atoms with E-state index in [-0.39, 0.29) is 11.8 Å². The summed E-state index contributed by atoms with van der Waals surface area (Å²) in [7, 11) is 0. The van der Waals surface area contributed by atoms with Gasteiger partial charge in [0.2, 0.25) is 11.9 Å². The Kier molecular flexibility index (Phi) is 5.17. The summed E-state index contributed by atoms with van der Waals surface area (Å²) in [5.74, 6) is 1.81. The Hall–Kier alpha value is -2.14. The molecule has 6 heteroatoms. The monoisotopic (exact) mass is 410 g/mol. The van der Waals surface area contributed by atoms with Crippen LogP contribution >= 0.6 is 11.6 Å². The number of carbonyl (C=O) groups is 1. The van der Waals surface area contributed by atoms with E-state index < -0.39 is 0 Å². The zero-order valence-corrected chi connectivity index (χ0v) is 17.4. The molecule has 2 heterocycles. The van der Waals surface area contributed by atoms with E-state index in [1.807, 2.05) is 35.4 Å². The molecule has 29 heavy (non-hydrogen) atoms. The quantitative estimate of drug-likeness (QED) is 0.738. The molecule has 0 spiro atoms. The minimum atomic E-state index is 0.0649. The number of hydrogen-bond donors (Lipinski definition) is 0. The van der Waals surface area contributed by atoms with Gasteiger partial charge in [0.15, 0.2) is 0 Å². The molecule has 2 aromatic rings. The first-order valence-corrected chi connectivity index (χ1v) is 11.2. The largest absolute Gasteiger partial charge is 0.341 e. The van der Waals surface area contributed by atoms with Crippen molar-refractivity contribution in [1.29, 1.82) is 0 Å². The second kappa shape index (κ2) is 7.94. The van der Waals surface area contributed by atoms with Crippen molar-refractivity contribution in [3.63, 3.8) is 0 Å². The fourth-order valence-electron chi connectivity index (χ4n) is 4.50. The van der Waals surface area contributed by atoms with Crippen LogP contribution in [-0.2, 0) is 17.6 Å². The first-order chi connectivity index (χ1) is 14.2. The van der Waals surface area contributed by atoms with E-state index in [9.17, 15) is 4.79 Å². The molecule has 1 amide bonds. The van der Waals surface area contributed by atoms with Crippen LogP contribution in [0.3, 0.4) is 0 Å². The highest BCUT2D eigenvalue weighted by atomic mass is 35.5. The summed E-state index contributed by atoms with van der Waals surface area (Å²) in [6.45, 7) is 2.51. The van der Waals surface area contributed by atoms with E-state index in [0.717, 1.165) is 57.0 Å². The van der Waals surface area contributed by atoms with Crippen LogP contribution in [0.15, 0.2) is 30.5 Å². The van der Waals surface area contributed by atoms with Crippen molar-refractivity contribution in [1.82, 2.24) is 9.97 Å². The first kappa shape index (κ1) is 18.9. The maximum atomic E-state index is 13.4.